The van der Waals surface area contributed by atoms with Crippen LogP contribution in [0.15, 0.2) is 23.8 Å². The van der Waals surface area contributed by atoms with Gasteiger partial charge in [0.25, 0.3) is 0 Å². The molecule has 0 saturated heterocycles. The number of hydrogen-bond acceptors (Lipinski definition) is 4. The van der Waals surface area contributed by atoms with E-state index < -0.39 is 17.4 Å². The third kappa shape index (κ3) is 2.03. The molecule has 0 saturated carbocycles. The maximum atomic E-state index is 12.3. The molecular formula is C17H24O4. The third-order valence-corrected chi connectivity index (χ3v) is 5.67. The third-order valence-electron chi connectivity index (χ3n) is 5.67. The molecule has 0 radical (unpaired) electrons. The van der Waals surface area contributed by atoms with E-state index in [4.69, 9.17) is 9.47 Å². The van der Waals surface area contributed by atoms with Crippen molar-refractivity contribution in [3.63, 3.8) is 0 Å². The monoisotopic (exact) mass is 292 g/mol. The highest BCUT2D eigenvalue weighted by Gasteiger charge is 2.58. The lowest BCUT2D eigenvalue weighted by Crippen LogP contribution is -2.43. The predicted molar refractivity (Wildman–Crippen MR) is 79.4 cm³/mol. The second-order valence-electron chi connectivity index (χ2n) is 7.13. The zero-order valence-corrected chi connectivity index (χ0v) is 13.6. The SMILES string of the molecule is COC(=O)C1(C(=O)OC)C=C2C=CC(C)(C)C(C)(C)C2C1. The maximum absolute atomic E-state index is 12.3. The molecule has 0 bridgehead atoms. The minimum absolute atomic E-state index is 0.0165. The molecule has 0 aromatic carbocycles. The van der Waals surface area contributed by atoms with Crippen LogP contribution in [0, 0.1) is 22.2 Å². The van der Waals surface area contributed by atoms with Gasteiger partial charge in [0, 0.05) is 0 Å². The van der Waals surface area contributed by atoms with Crippen LogP contribution in [-0.4, -0.2) is 26.2 Å². The summed E-state index contributed by atoms with van der Waals surface area (Å²) in [6, 6.07) is 0. The smallest absolute Gasteiger partial charge is 0.327 e. The highest BCUT2D eigenvalue weighted by Crippen LogP contribution is 2.59. The molecule has 0 aromatic rings. The van der Waals surface area contributed by atoms with Gasteiger partial charge in [-0.2, -0.15) is 0 Å². The molecule has 0 fully saturated rings. The van der Waals surface area contributed by atoms with Crippen LogP contribution in [0.1, 0.15) is 34.1 Å². The van der Waals surface area contributed by atoms with Crippen LogP contribution < -0.4 is 0 Å². The van der Waals surface area contributed by atoms with Gasteiger partial charge in [0.2, 0.25) is 0 Å². The minimum atomic E-state index is -1.31. The van der Waals surface area contributed by atoms with Gasteiger partial charge in [-0.15, -0.1) is 0 Å². The fourth-order valence-electron chi connectivity index (χ4n) is 3.42. The lowest BCUT2D eigenvalue weighted by Gasteiger charge is -2.48. The first-order valence-electron chi connectivity index (χ1n) is 7.21. The van der Waals surface area contributed by atoms with Crippen molar-refractivity contribution in [1.29, 1.82) is 0 Å². The van der Waals surface area contributed by atoms with Gasteiger partial charge < -0.3 is 9.47 Å². The van der Waals surface area contributed by atoms with E-state index in [9.17, 15) is 9.59 Å². The van der Waals surface area contributed by atoms with E-state index in [-0.39, 0.29) is 16.7 Å². The number of fused-ring (bicyclic) bond motifs is 1. The highest BCUT2D eigenvalue weighted by atomic mass is 16.5. The standard InChI is InChI=1S/C17H24O4/c1-15(2)8-7-11-9-17(13(18)20-5,14(19)21-6)10-12(11)16(15,3)4/h7-9,12H,10H2,1-6H3. The van der Waals surface area contributed by atoms with E-state index in [1.54, 1.807) is 6.08 Å². The number of carbonyl (C=O) groups is 2. The molecule has 4 nitrogen and oxygen atoms in total. The number of ether oxygens (including phenoxy) is 2. The van der Waals surface area contributed by atoms with Gasteiger partial charge in [0.05, 0.1) is 14.2 Å². The van der Waals surface area contributed by atoms with Crippen molar-refractivity contribution in [2.75, 3.05) is 14.2 Å². The van der Waals surface area contributed by atoms with Crippen LogP contribution in [0.4, 0.5) is 0 Å². The topological polar surface area (TPSA) is 52.6 Å². The Hall–Kier alpha value is -1.58. The molecule has 1 unspecified atom stereocenters. The molecule has 2 rings (SSSR count). The van der Waals surface area contributed by atoms with Crippen molar-refractivity contribution in [3.05, 3.63) is 23.8 Å². The first-order chi connectivity index (χ1) is 9.62. The van der Waals surface area contributed by atoms with Gasteiger partial charge in [-0.3, -0.25) is 9.59 Å². The fourth-order valence-corrected chi connectivity index (χ4v) is 3.42. The summed E-state index contributed by atoms with van der Waals surface area (Å²) in [4.78, 5) is 24.5. The summed E-state index contributed by atoms with van der Waals surface area (Å²) in [6.07, 6.45) is 6.33. The van der Waals surface area contributed by atoms with E-state index in [1.165, 1.54) is 14.2 Å². The number of esters is 2. The van der Waals surface area contributed by atoms with Crippen LogP contribution >= 0.6 is 0 Å². The van der Waals surface area contributed by atoms with Gasteiger partial charge in [-0.25, -0.2) is 0 Å². The average molecular weight is 292 g/mol. The van der Waals surface area contributed by atoms with Crippen LogP contribution in [0.5, 0.6) is 0 Å². The van der Waals surface area contributed by atoms with E-state index in [1.807, 2.05) is 6.08 Å². The first-order valence-corrected chi connectivity index (χ1v) is 7.21. The Bertz CT molecular complexity index is 521. The van der Waals surface area contributed by atoms with Crippen molar-refractivity contribution < 1.29 is 19.1 Å². The summed E-state index contributed by atoms with van der Waals surface area (Å²) in [7, 11) is 2.61. The van der Waals surface area contributed by atoms with Gasteiger partial charge in [0.15, 0.2) is 5.41 Å². The molecule has 2 aliphatic rings. The number of rotatable bonds is 2. The Morgan fingerprint density at radius 2 is 1.62 bits per heavy atom. The molecule has 0 N–H and O–H groups in total. The summed E-state index contributed by atoms with van der Waals surface area (Å²) >= 11 is 0. The molecular weight excluding hydrogens is 268 g/mol. The quantitative estimate of drug-likeness (QED) is 0.580. The molecule has 21 heavy (non-hydrogen) atoms. The summed E-state index contributed by atoms with van der Waals surface area (Å²) in [5, 5.41) is 0. The summed E-state index contributed by atoms with van der Waals surface area (Å²) < 4.78 is 9.76. The molecule has 0 aromatic heterocycles. The van der Waals surface area contributed by atoms with Gasteiger partial charge in [0.1, 0.15) is 0 Å². The van der Waals surface area contributed by atoms with E-state index in [2.05, 4.69) is 33.8 Å². The zero-order valence-electron chi connectivity index (χ0n) is 13.6. The van der Waals surface area contributed by atoms with Crippen molar-refractivity contribution in [2.45, 2.75) is 34.1 Å². The fraction of sp³-hybridized carbons (Fsp3) is 0.647. The Kier molecular flexibility index (Phi) is 3.55. The van der Waals surface area contributed by atoms with Crippen LogP contribution in [-0.2, 0) is 19.1 Å². The van der Waals surface area contributed by atoms with Crippen molar-refractivity contribution in [1.82, 2.24) is 0 Å². The van der Waals surface area contributed by atoms with Crippen LogP contribution in [0.25, 0.3) is 0 Å². The number of hydrogen-bond donors (Lipinski definition) is 0. The Labute approximate surface area is 126 Å². The molecule has 116 valence electrons. The molecule has 4 heteroatoms. The van der Waals surface area contributed by atoms with Gasteiger partial charge >= 0.3 is 11.9 Å². The molecule has 0 aliphatic heterocycles. The molecule has 0 spiro atoms. The molecule has 2 aliphatic carbocycles. The molecule has 1 atom stereocenters. The Balaban J connectivity index is 2.52. The maximum Gasteiger partial charge on any atom is 0.327 e. The minimum Gasteiger partial charge on any atom is -0.468 e. The largest absolute Gasteiger partial charge is 0.468 e. The molecule has 0 amide bonds. The van der Waals surface area contributed by atoms with Gasteiger partial charge in [-0.05, 0) is 28.7 Å². The van der Waals surface area contributed by atoms with Crippen molar-refractivity contribution >= 4 is 11.9 Å². The lowest BCUT2D eigenvalue weighted by molar-refractivity contribution is -0.166. The summed E-state index contributed by atoms with van der Waals surface area (Å²) in [5.74, 6) is -0.966. The average Bonchev–Trinajstić information content (AvgIpc) is 2.84. The van der Waals surface area contributed by atoms with E-state index >= 15 is 0 Å². The molecule has 0 heterocycles. The first kappa shape index (κ1) is 15.8. The predicted octanol–water partition coefficient (Wildman–Crippen LogP) is 2.89. The Morgan fingerprint density at radius 3 is 2.10 bits per heavy atom. The zero-order chi connectivity index (χ0) is 16.1. The summed E-state index contributed by atoms with van der Waals surface area (Å²) in [5.41, 5.74) is -0.379. The van der Waals surface area contributed by atoms with E-state index in [0.717, 1.165) is 5.57 Å². The van der Waals surface area contributed by atoms with Crippen LogP contribution in [0.3, 0.4) is 0 Å². The second-order valence-corrected chi connectivity index (χ2v) is 7.13. The van der Waals surface area contributed by atoms with Gasteiger partial charge in [-0.1, -0.05) is 45.9 Å². The highest BCUT2D eigenvalue weighted by molar-refractivity contribution is 6.03. The van der Waals surface area contributed by atoms with Crippen LogP contribution in [0.2, 0.25) is 0 Å². The van der Waals surface area contributed by atoms with Crippen molar-refractivity contribution in [2.24, 2.45) is 22.2 Å². The number of methoxy groups -OCH3 is 2. The normalized spacial score (nSPS) is 27.5. The summed E-state index contributed by atoms with van der Waals surface area (Å²) in [6.45, 7) is 8.71. The number of allylic oxidation sites excluding steroid dienone is 3. The Morgan fingerprint density at radius 1 is 1.10 bits per heavy atom. The van der Waals surface area contributed by atoms with Crippen molar-refractivity contribution in [3.8, 4) is 0 Å². The van der Waals surface area contributed by atoms with E-state index in [0.29, 0.717) is 6.42 Å². The number of carbonyl (C=O) groups excluding carboxylic acids is 2. The lowest BCUT2D eigenvalue weighted by atomic mass is 9.56. The second kappa shape index (κ2) is 4.72.